The zero-order valence-corrected chi connectivity index (χ0v) is 13.2. The molecule has 0 aliphatic heterocycles. The van der Waals surface area contributed by atoms with E-state index >= 15 is 0 Å². The van der Waals surface area contributed by atoms with Crippen LogP contribution in [0.15, 0.2) is 48.5 Å². The van der Waals surface area contributed by atoms with Crippen molar-refractivity contribution in [1.82, 2.24) is 0 Å². The molecule has 0 spiro atoms. The molecule has 0 fully saturated rings. The molecule has 6 heteroatoms. The molecule has 1 unspecified atom stereocenters. The van der Waals surface area contributed by atoms with Gasteiger partial charge in [-0.1, -0.05) is 41.9 Å². The van der Waals surface area contributed by atoms with Crippen molar-refractivity contribution in [3.63, 3.8) is 0 Å². The number of aryl methyl sites for hydroxylation is 1. The van der Waals surface area contributed by atoms with Crippen LogP contribution in [0.2, 0.25) is 5.02 Å². The van der Waals surface area contributed by atoms with E-state index in [9.17, 15) is 9.59 Å². The molecule has 0 radical (unpaired) electrons. The molecule has 1 atom stereocenters. The molecular formula is C17H16ClNO4. The van der Waals surface area contributed by atoms with Crippen LogP contribution in [0.25, 0.3) is 0 Å². The first-order valence-electron chi connectivity index (χ1n) is 6.90. The summed E-state index contributed by atoms with van der Waals surface area (Å²) in [6, 6.07) is 13.6. The molecule has 1 amide bonds. The summed E-state index contributed by atoms with van der Waals surface area (Å²) in [6.45, 7) is 1.47. The first kappa shape index (κ1) is 16.8. The molecule has 2 aromatic carbocycles. The minimum atomic E-state index is -1.14. The summed E-state index contributed by atoms with van der Waals surface area (Å²) in [4.78, 5) is 23.4. The van der Waals surface area contributed by atoms with Crippen LogP contribution in [0.1, 0.15) is 17.2 Å². The van der Waals surface area contributed by atoms with Gasteiger partial charge in [-0.05, 0) is 30.7 Å². The van der Waals surface area contributed by atoms with Crippen LogP contribution in [0.5, 0.6) is 5.75 Å². The lowest BCUT2D eigenvalue weighted by atomic mass is 10.1. The highest BCUT2D eigenvalue weighted by molar-refractivity contribution is 6.30. The van der Waals surface area contributed by atoms with Crippen molar-refractivity contribution >= 4 is 23.5 Å². The minimum absolute atomic E-state index is 0.334. The van der Waals surface area contributed by atoms with Crippen LogP contribution in [-0.4, -0.2) is 18.5 Å². The van der Waals surface area contributed by atoms with Crippen LogP contribution in [-0.2, 0) is 14.3 Å². The number of primary amides is 1. The van der Waals surface area contributed by atoms with E-state index in [1.165, 1.54) is 0 Å². The van der Waals surface area contributed by atoms with Gasteiger partial charge in [0.25, 0.3) is 5.91 Å². The Bertz CT molecular complexity index is 703. The van der Waals surface area contributed by atoms with Crippen LogP contribution in [0, 0.1) is 6.92 Å². The Morgan fingerprint density at radius 2 is 1.87 bits per heavy atom. The van der Waals surface area contributed by atoms with Crippen LogP contribution in [0.4, 0.5) is 0 Å². The highest BCUT2D eigenvalue weighted by Crippen LogP contribution is 2.22. The third kappa shape index (κ3) is 4.72. The molecule has 0 heterocycles. The SMILES string of the molecule is Cc1cc(Cl)ccc1OCC(=O)OC(C(N)=O)c1ccccc1. The molecule has 0 bridgehead atoms. The third-order valence-electron chi connectivity index (χ3n) is 3.09. The summed E-state index contributed by atoms with van der Waals surface area (Å²) in [5.41, 5.74) is 6.60. The number of ether oxygens (including phenoxy) is 2. The summed E-state index contributed by atoms with van der Waals surface area (Å²) in [6.07, 6.45) is -1.14. The summed E-state index contributed by atoms with van der Waals surface area (Å²) >= 11 is 5.85. The quantitative estimate of drug-likeness (QED) is 0.824. The number of carbonyl (C=O) groups excluding carboxylic acids is 2. The second kappa shape index (κ2) is 7.65. The van der Waals surface area contributed by atoms with Crippen molar-refractivity contribution < 1.29 is 19.1 Å². The fourth-order valence-electron chi connectivity index (χ4n) is 2.00. The maximum Gasteiger partial charge on any atom is 0.345 e. The first-order valence-corrected chi connectivity index (χ1v) is 7.28. The van der Waals surface area contributed by atoms with E-state index in [2.05, 4.69) is 0 Å². The van der Waals surface area contributed by atoms with E-state index in [-0.39, 0.29) is 6.61 Å². The highest BCUT2D eigenvalue weighted by Gasteiger charge is 2.22. The normalized spacial score (nSPS) is 11.6. The van der Waals surface area contributed by atoms with Gasteiger partial charge in [0.15, 0.2) is 6.61 Å². The molecule has 2 N–H and O–H groups in total. The standard InChI is InChI=1S/C17H16ClNO4/c1-11-9-13(18)7-8-14(11)22-10-15(20)23-16(17(19)21)12-5-3-2-4-6-12/h2-9,16H,10H2,1H3,(H2,19,21). The fraction of sp³-hybridized carbons (Fsp3) is 0.176. The maximum atomic E-state index is 11.9. The van der Waals surface area contributed by atoms with Gasteiger partial charge in [-0.25, -0.2) is 4.79 Å². The molecule has 0 aromatic heterocycles. The van der Waals surface area contributed by atoms with Crippen molar-refractivity contribution in [1.29, 1.82) is 0 Å². The monoisotopic (exact) mass is 333 g/mol. The van der Waals surface area contributed by atoms with Gasteiger partial charge in [-0.15, -0.1) is 0 Å². The number of hydrogen-bond donors (Lipinski definition) is 1. The van der Waals surface area contributed by atoms with Gasteiger partial charge < -0.3 is 15.2 Å². The van der Waals surface area contributed by atoms with Crippen LogP contribution in [0.3, 0.4) is 0 Å². The summed E-state index contributed by atoms with van der Waals surface area (Å²) in [5.74, 6) is -0.916. The Kier molecular flexibility index (Phi) is 5.60. The van der Waals surface area contributed by atoms with Gasteiger partial charge in [0, 0.05) is 10.6 Å². The summed E-state index contributed by atoms with van der Waals surface area (Å²) < 4.78 is 10.5. The number of nitrogens with two attached hydrogens (primary N) is 1. The second-order valence-electron chi connectivity index (χ2n) is 4.88. The van der Waals surface area contributed by atoms with E-state index < -0.39 is 18.0 Å². The van der Waals surface area contributed by atoms with Crippen molar-refractivity contribution in [3.05, 3.63) is 64.7 Å². The lowest BCUT2D eigenvalue weighted by molar-refractivity contribution is -0.157. The lowest BCUT2D eigenvalue weighted by Gasteiger charge is -2.15. The fourth-order valence-corrected chi connectivity index (χ4v) is 2.22. The molecule has 2 rings (SSSR count). The largest absolute Gasteiger partial charge is 0.482 e. The Morgan fingerprint density at radius 1 is 1.17 bits per heavy atom. The highest BCUT2D eigenvalue weighted by atomic mass is 35.5. The topological polar surface area (TPSA) is 78.6 Å². The number of carbonyl (C=O) groups is 2. The van der Waals surface area contributed by atoms with Gasteiger partial charge in [0.1, 0.15) is 5.75 Å². The van der Waals surface area contributed by atoms with E-state index in [4.69, 9.17) is 26.8 Å². The minimum Gasteiger partial charge on any atom is -0.482 e. The molecule has 120 valence electrons. The second-order valence-corrected chi connectivity index (χ2v) is 5.32. The zero-order chi connectivity index (χ0) is 16.8. The van der Waals surface area contributed by atoms with E-state index in [1.54, 1.807) is 48.5 Å². The van der Waals surface area contributed by atoms with Gasteiger partial charge in [0.2, 0.25) is 6.10 Å². The molecule has 5 nitrogen and oxygen atoms in total. The number of benzene rings is 2. The van der Waals surface area contributed by atoms with Crippen molar-refractivity contribution in [2.45, 2.75) is 13.0 Å². The molecule has 0 saturated heterocycles. The average molecular weight is 334 g/mol. The Balaban J connectivity index is 1.98. The van der Waals surface area contributed by atoms with Gasteiger partial charge >= 0.3 is 5.97 Å². The van der Waals surface area contributed by atoms with Gasteiger partial charge in [-0.2, -0.15) is 0 Å². The maximum absolute atomic E-state index is 11.9. The van der Waals surface area contributed by atoms with E-state index in [1.807, 2.05) is 6.92 Å². The van der Waals surface area contributed by atoms with Crippen molar-refractivity contribution in [3.8, 4) is 5.75 Å². The molecule has 0 aliphatic rings. The predicted molar refractivity (Wildman–Crippen MR) is 86.2 cm³/mol. The Labute approximate surface area is 139 Å². The molecular weight excluding hydrogens is 318 g/mol. The molecule has 0 saturated carbocycles. The number of hydrogen-bond acceptors (Lipinski definition) is 4. The summed E-state index contributed by atoms with van der Waals surface area (Å²) in [7, 11) is 0. The van der Waals surface area contributed by atoms with E-state index in [0.29, 0.717) is 16.3 Å². The predicted octanol–water partition coefficient (Wildman–Crippen LogP) is 2.80. The first-order chi connectivity index (χ1) is 11.0. The number of rotatable bonds is 6. The third-order valence-corrected chi connectivity index (χ3v) is 3.33. The van der Waals surface area contributed by atoms with Crippen molar-refractivity contribution in [2.75, 3.05) is 6.61 Å². The Morgan fingerprint density at radius 3 is 2.48 bits per heavy atom. The van der Waals surface area contributed by atoms with Crippen LogP contribution >= 0.6 is 11.6 Å². The smallest absolute Gasteiger partial charge is 0.345 e. The number of amides is 1. The van der Waals surface area contributed by atoms with Crippen LogP contribution < -0.4 is 10.5 Å². The molecule has 0 aliphatic carbocycles. The van der Waals surface area contributed by atoms with Gasteiger partial charge in [-0.3, -0.25) is 4.79 Å². The van der Waals surface area contributed by atoms with Gasteiger partial charge in [0.05, 0.1) is 0 Å². The summed E-state index contributed by atoms with van der Waals surface area (Å²) in [5, 5.41) is 0.579. The average Bonchev–Trinajstić information content (AvgIpc) is 2.52. The molecule has 2 aromatic rings. The van der Waals surface area contributed by atoms with Crippen molar-refractivity contribution in [2.24, 2.45) is 5.73 Å². The molecule has 23 heavy (non-hydrogen) atoms. The Hall–Kier alpha value is -2.53. The lowest BCUT2D eigenvalue weighted by Crippen LogP contribution is -2.28. The zero-order valence-electron chi connectivity index (χ0n) is 12.5. The van der Waals surface area contributed by atoms with E-state index in [0.717, 1.165) is 5.56 Å². The number of esters is 1. The number of halogens is 1.